The van der Waals surface area contributed by atoms with E-state index < -0.39 is 0 Å². The van der Waals surface area contributed by atoms with Crippen LogP contribution in [0.1, 0.15) is 35.2 Å². The van der Waals surface area contributed by atoms with Gasteiger partial charge in [0.25, 0.3) is 5.91 Å². The number of nitrogens with zero attached hydrogens (tertiary/aromatic N) is 1. The van der Waals surface area contributed by atoms with E-state index in [1.165, 1.54) is 0 Å². The third kappa shape index (κ3) is 4.85. The smallest absolute Gasteiger partial charge is 0.255 e. The van der Waals surface area contributed by atoms with Gasteiger partial charge >= 0.3 is 0 Å². The number of hydrogen-bond donors (Lipinski definition) is 1. The lowest BCUT2D eigenvalue weighted by Crippen LogP contribution is -2.36. The van der Waals surface area contributed by atoms with Crippen LogP contribution in [-0.2, 0) is 4.79 Å². The third-order valence-electron chi connectivity index (χ3n) is 5.20. The van der Waals surface area contributed by atoms with Crippen molar-refractivity contribution in [2.75, 3.05) is 26.7 Å². The number of methoxy groups -OCH3 is 1. The molecule has 29 heavy (non-hydrogen) atoms. The normalized spacial score (nSPS) is 18.6. The quantitative estimate of drug-likeness (QED) is 0.733. The van der Waals surface area contributed by atoms with E-state index in [1.54, 1.807) is 30.2 Å². The van der Waals surface area contributed by atoms with Gasteiger partial charge in [0.1, 0.15) is 5.75 Å². The van der Waals surface area contributed by atoms with Crippen molar-refractivity contribution in [1.29, 1.82) is 0 Å². The highest BCUT2D eigenvalue weighted by Gasteiger charge is 2.40. The fraction of sp³-hybridized carbons (Fsp3) is 0.364. The molecule has 2 aromatic carbocycles. The Balaban J connectivity index is 1.86. The Bertz CT molecular complexity index is 886. The van der Waals surface area contributed by atoms with Crippen LogP contribution in [0.2, 0.25) is 10.0 Å². The van der Waals surface area contributed by atoms with Crippen molar-refractivity contribution in [3.05, 3.63) is 63.6 Å². The predicted octanol–water partition coefficient (Wildman–Crippen LogP) is 4.38. The summed E-state index contributed by atoms with van der Waals surface area (Å²) in [6.07, 6.45) is 0.856. The lowest BCUT2D eigenvalue weighted by atomic mass is 9.88. The van der Waals surface area contributed by atoms with E-state index >= 15 is 0 Å². The Morgan fingerprint density at radius 2 is 1.86 bits per heavy atom. The molecule has 154 valence electrons. The van der Waals surface area contributed by atoms with Crippen LogP contribution in [0.5, 0.6) is 5.75 Å². The molecule has 7 heteroatoms. The minimum atomic E-state index is -0.329. The first-order valence-corrected chi connectivity index (χ1v) is 10.4. The molecule has 0 bridgehead atoms. The van der Waals surface area contributed by atoms with Gasteiger partial charge in [-0.05, 0) is 42.3 Å². The average molecular weight is 435 g/mol. The summed E-state index contributed by atoms with van der Waals surface area (Å²) in [6, 6.07) is 12.5. The van der Waals surface area contributed by atoms with Crippen LogP contribution >= 0.6 is 23.2 Å². The second-order valence-corrected chi connectivity index (χ2v) is 7.96. The summed E-state index contributed by atoms with van der Waals surface area (Å²) >= 11 is 12.2. The molecule has 0 radical (unpaired) electrons. The van der Waals surface area contributed by atoms with E-state index in [0.29, 0.717) is 35.2 Å². The van der Waals surface area contributed by atoms with Gasteiger partial charge in [0, 0.05) is 30.6 Å². The topological polar surface area (TPSA) is 58.6 Å². The van der Waals surface area contributed by atoms with Crippen molar-refractivity contribution in [2.24, 2.45) is 5.92 Å². The second kappa shape index (κ2) is 9.51. The van der Waals surface area contributed by atoms with Crippen molar-refractivity contribution in [2.45, 2.75) is 19.3 Å². The molecule has 0 aliphatic carbocycles. The number of benzene rings is 2. The van der Waals surface area contributed by atoms with Gasteiger partial charge in [-0.25, -0.2) is 0 Å². The Kier molecular flexibility index (Phi) is 7.04. The molecule has 0 spiro atoms. The van der Waals surface area contributed by atoms with Crippen molar-refractivity contribution < 1.29 is 14.3 Å². The van der Waals surface area contributed by atoms with Crippen LogP contribution in [0, 0.1) is 5.92 Å². The molecule has 1 saturated heterocycles. The molecule has 0 saturated carbocycles. The Hall–Kier alpha value is -2.24. The largest absolute Gasteiger partial charge is 0.497 e. The lowest BCUT2D eigenvalue weighted by molar-refractivity contribution is -0.124. The zero-order valence-electron chi connectivity index (χ0n) is 16.5. The molecule has 0 aromatic heterocycles. The van der Waals surface area contributed by atoms with Gasteiger partial charge in [-0.3, -0.25) is 9.59 Å². The summed E-state index contributed by atoms with van der Waals surface area (Å²) in [5, 5.41) is 3.75. The second-order valence-electron chi connectivity index (χ2n) is 7.11. The fourth-order valence-electron chi connectivity index (χ4n) is 3.64. The minimum absolute atomic E-state index is 0.0369. The molecule has 2 atom stereocenters. The number of rotatable bonds is 6. The molecule has 1 aliphatic heterocycles. The molecule has 1 aliphatic rings. The maximum absolute atomic E-state index is 13.1. The molecule has 3 rings (SSSR count). The first-order chi connectivity index (χ1) is 13.9. The third-order valence-corrected chi connectivity index (χ3v) is 5.75. The van der Waals surface area contributed by atoms with E-state index in [4.69, 9.17) is 27.9 Å². The molecule has 5 nitrogen and oxygen atoms in total. The molecule has 2 aromatic rings. The number of hydrogen-bond acceptors (Lipinski definition) is 3. The molecular weight excluding hydrogens is 411 g/mol. The van der Waals surface area contributed by atoms with Crippen LogP contribution in [0.3, 0.4) is 0 Å². The minimum Gasteiger partial charge on any atom is -0.497 e. The van der Waals surface area contributed by atoms with Crippen molar-refractivity contribution in [1.82, 2.24) is 10.2 Å². The highest BCUT2D eigenvalue weighted by atomic mass is 35.5. The number of amides is 2. The van der Waals surface area contributed by atoms with Gasteiger partial charge in [-0.1, -0.05) is 42.3 Å². The Labute approximate surface area is 180 Å². The zero-order valence-corrected chi connectivity index (χ0v) is 18.0. The highest BCUT2D eigenvalue weighted by molar-refractivity contribution is 6.36. The summed E-state index contributed by atoms with van der Waals surface area (Å²) in [7, 11) is 1.61. The maximum atomic E-state index is 13.1. The maximum Gasteiger partial charge on any atom is 0.255 e. The van der Waals surface area contributed by atoms with E-state index in [1.807, 2.05) is 31.2 Å². The summed E-state index contributed by atoms with van der Waals surface area (Å²) < 4.78 is 5.23. The molecular formula is C22H24Cl2N2O3. The van der Waals surface area contributed by atoms with E-state index in [-0.39, 0.29) is 23.7 Å². The van der Waals surface area contributed by atoms with E-state index in [2.05, 4.69) is 5.32 Å². The number of carbonyl (C=O) groups excluding carboxylic acids is 2. The van der Waals surface area contributed by atoms with Gasteiger partial charge in [0.15, 0.2) is 0 Å². The molecule has 1 fully saturated rings. The van der Waals surface area contributed by atoms with Crippen LogP contribution in [0.25, 0.3) is 0 Å². The highest BCUT2D eigenvalue weighted by Crippen LogP contribution is 2.35. The number of carbonyl (C=O) groups is 2. The molecule has 1 N–H and O–H groups in total. The Morgan fingerprint density at radius 1 is 1.14 bits per heavy atom. The van der Waals surface area contributed by atoms with Gasteiger partial charge < -0.3 is 15.0 Å². The summed E-state index contributed by atoms with van der Waals surface area (Å²) in [6.45, 7) is 3.40. The van der Waals surface area contributed by atoms with Gasteiger partial charge in [0.05, 0.1) is 23.6 Å². The SMILES string of the molecule is CCCNC(=O)C1CN(C(=O)c2ccc(Cl)cc2Cl)CC1c1ccc(OC)cc1. The zero-order chi connectivity index (χ0) is 21.0. The number of nitrogens with one attached hydrogen (secondary N) is 1. The number of ether oxygens (including phenoxy) is 1. The summed E-state index contributed by atoms with van der Waals surface area (Å²) in [4.78, 5) is 27.6. The average Bonchev–Trinajstić information content (AvgIpc) is 3.17. The predicted molar refractivity (Wildman–Crippen MR) is 115 cm³/mol. The number of likely N-dealkylation sites (tertiary alicyclic amines) is 1. The monoisotopic (exact) mass is 434 g/mol. The van der Waals surface area contributed by atoms with Gasteiger partial charge in [-0.2, -0.15) is 0 Å². The first-order valence-electron chi connectivity index (χ1n) is 9.60. The van der Waals surface area contributed by atoms with Gasteiger partial charge in [0.2, 0.25) is 5.91 Å². The van der Waals surface area contributed by atoms with E-state index in [9.17, 15) is 9.59 Å². The summed E-state index contributed by atoms with van der Waals surface area (Å²) in [5.41, 5.74) is 1.39. The van der Waals surface area contributed by atoms with E-state index in [0.717, 1.165) is 17.7 Å². The van der Waals surface area contributed by atoms with Crippen LogP contribution in [0.4, 0.5) is 0 Å². The fourth-order valence-corrected chi connectivity index (χ4v) is 4.13. The van der Waals surface area contributed by atoms with Crippen molar-refractivity contribution >= 4 is 35.0 Å². The molecule has 2 unspecified atom stereocenters. The first kappa shape index (κ1) is 21.5. The van der Waals surface area contributed by atoms with Crippen molar-refractivity contribution in [3.63, 3.8) is 0 Å². The van der Waals surface area contributed by atoms with Gasteiger partial charge in [-0.15, -0.1) is 0 Å². The van der Waals surface area contributed by atoms with Crippen LogP contribution < -0.4 is 10.1 Å². The van der Waals surface area contributed by atoms with Crippen molar-refractivity contribution in [3.8, 4) is 5.75 Å². The van der Waals surface area contributed by atoms with Crippen LogP contribution in [0.15, 0.2) is 42.5 Å². The molecule has 2 amide bonds. The number of halogens is 2. The van der Waals surface area contributed by atoms with Crippen LogP contribution in [-0.4, -0.2) is 43.5 Å². The summed E-state index contributed by atoms with van der Waals surface area (Å²) in [5.74, 6) is 0.0820. The standard InChI is InChI=1S/C22H24Cl2N2O3/c1-3-10-25-21(27)19-13-26(22(28)17-9-6-15(23)11-20(17)24)12-18(19)14-4-7-16(29-2)8-5-14/h4-9,11,18-19H,3,10,12-13H2,1-2H3,(H,25,27). The lowest BCUT2D eigenvalue weighted by Gasteiger charge is -2.18. The Morgan fingerprint density at radius 3 is 2.48 bits per heavy atom. The molecule has 1 heterocycles.